The van der Waals surface area contributed by atoms with E-state index >= 15 is 0 Å². The standard InChI is InChI=1S/C24H24N4OS/c1-4-8-20-22(19-13-11-18(12-14-19)17-9-6-5-7-10-17)25-24(30-20)26-23(29)21-16(2)15-28(3)27-21/h5-7,9-15H,4,8H2,1-3H3,(H,25,26,29). The number of hydrogen-bond acceptors (Lipinski definition) is 4. The summed E-state index contributed by atoms with van der Waals surface area (Å²) >= 11 is 1.54. The number of nitrogens with zero attached hydrogens (tertiary/aromatic N) is 3. The van der Waals surface area contributed by atoms with E-state index < -0.39 is 0 Å². The molecule has 4 aromatic rings. The number of aryl methyl sites for hydroxylation is 3. The summed E-state index contributed by atoms with van der Waals surface area (Å²) < 4.78 is 1.65. The lowest BCUT2D eigenvalue weighted by Gasteiger charge is -2.04. The van der Waals surface area contributed by atoms with E-state index in [0.29, 0.717) is 10.8 Å². The maximum atomic E-state index is 12.6. The SMILES string of the molecule is CCCc1sc(NC(=O)c2nn(C)cc2C)nc1-c1ccc(-c2ccccc2)cc1. The minimum atomic E-state index is -0.226. The lowest BCUT2D eigenvalue weighted by molar-refractivity contribution is 0.102. The molecule has 0 radical (unpaired) electrons. The summed E-state index contributed by atoms with van der Waals surface area (Å²) in [5, 5.41) is 7.79. The van der Waals surface area contributed by atoms with Gasteiger partial charge in [0.15, 0.2) is 10.8 Å². The van der Waals surface area contributed by atoms with E-state index in [4.69, 9.17) is 4.98 Å². The quantitative estimate of drug-likeness (QED) is 0.437. The molecule has 0 aliphatic rings. The van der Waals surface area contributed by atoms with E-state index in [2.05, 4.69) is 53.7 Å². The molecule has 0 spiro atoms. The first-order valence-electron chi connectivity index (χ1n) is 10.0. The van der Waals surface area contributed by atoms with Gasteiger partial charge in [-0.25, -0.2) is 4.98 Å². The summed E-state index contributed by atoms with van der Waals surface area (Å²) in [6.07, 6.45) is 3.77. The van der Waals surface area contributed by atoms with Crippen LogP contribution in [0.4, 0.5) is 5.13 Å². The fourth-order valence-corrected chi connectivity index (χ4v) is 4.55. The molecule has 5 nitrogen and oxygen atoms in total. The zero-order chi connectivity index (χ0) is 21.1. The Bertz CT molecular complexity index is 1160. The third-order valence-electron chi connectivity index (χ3n) is 4.89. The molecule has 30 heavy (non-hydrogen) atoms. The van der Waals surface area contributed by atoms with Crippen LogP contribution in [0, 0.1) is 6.92 Å². The molecule has 2 aromatic heterocycles. The average molecular weight is 417 g/mol. The van der Waals surface area contributed by atoms with Crippen molar-refractivity contribution in [1.29, 1.82) is 0 Å². The van der Waals surface area contributed by atoms with Gasteiger partial charge in [0.1, 0.15) is 0 Å². The van der Waals surface area contributed by atoms with Crippen molar-refractivity contribution >= 4 is 22.4 Å². The van der Waals surface area contributed by atoms with Crippen molar-refractivity contribution < 1.29 is 4.79 Å². The van der Waals surface area contributed by atoms with Crippen molar-refractivity contribution in [2.45, 2.75) is 26.7 Å². The molecule has 1 amide bonds. The third kappa shape index (κ3) is 4.19. The Morgan fingerprint density at radius 2 is 1.70 bits per heavy atom. The Balaban J connectivity index is 1.61. The smallest absolute Gasteiger partial charge is 0.278 e. The second kappa shape index (κ2) is 8.63. The van der Waals surface area contributed by atoms with Gasteiger partial charge in [0.25, 0.3) is 5.91 Å². The molecule has 1 N–H and O–H groups in total. The van der Waals surface area contributed by atoms with Crippen LogP contribution in [0.5, 0.6) is 0 Å². The van der Waals surface area contributed by atoms with Gasteiger partial charge in [-0.2, -0.15) is 5.10 Å². The molecular formula is C24H24N4OS. The largest absolute Gasteiger partial charge is 0.296 e. The number of amides is 1. The number of aromatic nitrogens is 3. The van der Waals surface area contributed by atoms with E-state index in [0.717, 1.165) is 29.7 Å². The fraction of sp³-hybridized carbons (Fsp3) is 0.208. The molecule has 0 atom stereocenters. The van der Waals surface area contributed by atoms with Crippen LogP contribution in [0.15, 0.2) is 60.8 Å². The summed E-state index contributed by atoms with van der Waals surface area (Å²) in [6, 6.07) is 18.8. The number of nitrogens with one attached hydrogen (secondary N) is 1. The van der Waals surface area contributed by atoms with Crippen molar-refractivity contribution in [2.75, 3.05) is 5.32 Å². The van der Waals surface area contributed by atoms with Gasteiger partial charge in [0.2, 0.25) is 0 Å². The van der Waals surface area contributed by atoms with Gasteiger partial charge in [0.05, 0.1) is 5.69 Å². The van der Waals surface area contributed by atoms with Crippen LogP contribution in [0.2, 0.25) is 0 Å². The second-order valence-corrected chi connectivity index (χ2v) is 8.36. The van der Waals surface area contributed by atoms with Crippen molar-refractivity contribution in [2.24, 2.45) is 7.05 Å². The van der Waals surface area contributed by atoms with Gasteiger partial charge in [-0.15, -0.1) is 11.3 Å². The van der Waals surface area contributed by atoms with Gasteiger partial charge >= 0.3 is 0 Å². The number of carbonyl (C=O) groups is 1. The highest BCUT2D eigenvalue weighted by atomic mass is 32.1. The summed E-state index contributed by atoms with van der Waals surface area (Å²) in [5.74, 6) is -0.226. The lowest BCUT2D eigenvalue weighted by atomic mass is 10.0. The molecule has 0 unspecified atom stereocenters. The van der Waals surface area contributed by atoms with Gasteiger partial charge < -0.3 is 0 Å². The molecular weight excluding hydrogens is 392 g/mol. The van der Waals surface area contributed by atoms with Gasteiger partial charge in [-0.3, -0.25) is 14.8 Å². The first-order chi connectivity index (χ1) is 14.5. The topological polar surface area (TPSA) is 59.8 Å². The average Bonchev–Trinajstić information content (AvgIpc) is 3.31. The first-order valence-corrected chi connectivity index (χ1v) is 10.8. The van der Waals surface area contributed by atoms with Crippen LogP contribution in [0.25, 0.3) is 22.4 Å². The molecule has 0 bridgehead atoms. The molecule has 2 heterocycles. The molecule has 0 saturated carbocycles. The summed E-state index contributed by atoms with van der Waals surface area (Å²) in [7, 11) is 1.81. The van der Waals surface area contributed by atoms with Crippen LogP contribution < -0.4 is 5.32 Å². The summed E-state index contributed by atoms with van der Waals surface area (Å²) in [4.78, 5) is 18.6. The highest BCUT2D eigenvalue weighted by molar-refractivity contribution is 7.16. The monoisotopic (exact) mass is 416 g/mol. The number of rotatable bonds is 6. The van der Waals surface area contributed by atoms with Gasteiger partial charge in [-0.05, 0) is 24.5 Å². The van der Waals surface area contributed by atoms with E-state index in [1.54, 1.807) is 4.68 Å². The molecule has 152 valence electrons. The van der Waals surface area contributed by atoms with Crippen LogP contribution in [0.3, 0.4) is 0 Å². The van der Waals surface area contributed by atoms with E-state index in [9.17, 15) is 4.79 Å². The van der Waals surface area contributed by atoms with Crippen LogP contribution in [-0.2, 0) is 13.5 Å². The minimum Gasteiger partial charge on any atom is -0.296 e. The number of hydrogen-bond donors (Lipinski definition) is 1. The second-order valence-electron chi connectivity index (χ2n) is 7.27. The van der Waals surface area contributed by atoms with E-state index in [-0.39, 0.29) is 5.91 Å². The number of anilines is 1. The highest BCUT2D eigenvalue weighted by Crippen LogP contribution is 2.33. The predicted octanol–water partition coefficient (Wildman–Crippen LogP) is 5.72. The molecule has 0 aliphatic carbocycles. The zero-order valence-corrected chi connectivity index (χ0v) is 18.2. The van der Waals surface area contributed by atoms with Gasteiger partial charge in [-0.1, -0.05) is 67.9 Å². The normalized spacial score (nSPS) is 10.9. The Hall–Kier alpha value is -3.25. The maximum Gasteiger partial charge on any atom is 0.278 e. The summed E-state index contributed by atoms with van der Waals surface area (Å²) in [6.45, 7) is 4.03. The van der Waals surface area contributed by atoms with Crippen molar-refractivity contribution in [3.63, 3.8) is 0 Å². The fourth-order valence-electron chi connectivity index (χ4n) is 3.47. The third-order valence-corrected chi connectivity index (χ3v) is 5.92. The highest BCUT2D eigenvalue weighted by Gasteiger charge is 2.18. The Labute approximate surface area is 180 Å². The zero-order valence-electron chi connectivity index (χ0n) is 17.3. The van der Waals surface area contributed by atoms with Gasteiger partial charge in [0, 0.05) is 29.2 Å². The number of carbonyl (C=O) groups excluding carboxylic acids is 1. The Morgan fingerprint density at radius 1 is 1.03 bits per heavy atom. The van der Waals surface area contributed by atoms with Crippen LogP contribution in [0.1, 0.15) is 34.3 Å². The molecule has 6 heteroatoms. The summed E-state index contributed by atoms with van der Waals surface area (Å²) in [5.41, 5.74) is 5.63. The Morgan fingerprint density at radius 3 is 2.33 bits per heavy atom. The van der Waals surface area contributed by atoms with Crippen molar-refractivity contribution in [3.05, 3.63) is 76.9 Å². The minimum absolute atomic E-state index is 0.226. The molecule has 4 rings (SSSR count). The van der Waals surface area contributed by atoms with Crippen LogP contribution >= 0.6 is 11.3 Å². The molecule has 2 aromatic carbocycles. The Kier molecular flexibility index (Phi) is 5.77. The van der Waals surface area contributed by atoms with Crippen LogP contribution in [-0.4, -0.2) is 20.7 Å². The molecule has 0 aliphatic heterocycles. The predicted molar refractivity (Wildman–Crippen MR) is 123 cm³/mol. The van der Waals surface area contributed by atoms with Crippen molar-refractivity contribution in [1.82, 2.24) is 14.8 Å². The van der Waals surface area contributed by atoms with E-state index in [1.807, 2.05) is 38.4 Å². The van der Waals surface area contributed by atoms with E-state index in [1.165, 1.54) is 27.3 Å². The maximum absolute atomic E-state index is 12.6. The number of benzene rings is 2. The molecule has 0 fully saturated rings. The lowest BCUT2D eigenvalue weighted by Crippen LogP contribution is -2.14. The number of thiazole rings is 1. The first kappa shape index (κ1) is 20.0. The van der Waals surface area contributed by atoms with Crippen molar-refractivity contribution in [3.8, 4) is 22.4 Å². The molecule has 0 saturated heterocycles.